The molecule has 1 aliphatic rings. The summed E-state index contributed by atoms with van der Waals surface area (Å²) in [5, 5.41) is 5.36. The van der Waals surface area contributed by atoms with Crippen molar-refractivity contribution in [1.82, 2.24) is 8.87 Å². The predicted octanol–water partition coefficient (Wildman–Crippen LogP) is 6.22. The molecule has 11 heteroatoms. The number of para-hydroxylation sites is 2. The molecule has 4 aromatic rings. The molecule has 1 aliphatic heterocycles. The smallest absolute Gasteiger partial charge is 0.412 e. The number of hydrogen-bond acceptors (Lipinski definition) is 7. The Morgan fingerprint density at radius 1 is 0.870 bits per heavy atom. The normalized spacial score (nSPS) is 14.2. The summed E-state index contributed by atoms with van der Waals surface area (Å²) in [7, 11) is -3.84. The van der Waals surface area contributed by atoms with E-state index in [2.05, 4.69) is 39.8 Å². The van der Waals surface area contributed by atoms with Crippen LogP contribution in [0.1, 0.15) is 31.9 Å². The number of carbonyl (C=O) groups is 2. The van der Waals surface area contributed by atoms with E-state index in [0.717, 1.165) is 47.9 Å². The zero-order valence-electron chi connectivity index (χ0n) is 26.1. The lowest BCUT2D eigenvalue weighted by Crippen LogP contribution is -2.35. The van der Waals surface area contributed by atoms with Crippen LogP contribution in [-0.4, -0.2) is 61.2 Å². The molecule has 1 fully saturated rings. The van der Waals surface area contributed by atoms with Crippen LogP contribution in [0.3, 0.4) is 0 Å². The van der Waals surface area contributed by atoms with Crippen molar-refractivity contribution < 1.29 is 27.5 Å². The zero-order valence-corrected chi connectivity index (χ0v) is 26.9. The van der Waals surface area contributed by atoms with Gasteiger partial charge in [-0.05, 0) is 79.4 Å². The monoisotopic (exact) mass is 642 g/mol. The van der Waals surface area contributed by atoms with Gasteiger partial charge in [0.15, 0.2) is 0 Å². The van der Waals surface area contributed by atoms with Crippen LogP contribution in [0.15, 0.2) is 102 Å². The lowest BCUT2D eigenvalue weighted by molar-refractivity contribution is -0.111. The van der Waals surface area contributed by atoms with Crippen LogP contribution in [-0.2, 0) is 30.8 Å². The van der Waals surface area contributed by atoms with Gasteiger partial charge in [-0.1, -0.05) is 48.5 Å². The highest BCUT2D eigenvalue weighted by molar-refractivity contribution is 7.90. The van der Waals surface area contributed by atoms with E-state index < -0.39 is 27.6 Å². The first kappa shape index (κ1) is 32.7. The Morgan fingerprint density at radius 2 is 1.48 bits per heavy atom. The topological polar surface area (TPSA) is 119 Å². The summed E-state index contributed by atoms with van der Waals surface area (Å²) in [4.78, 5) is 27.4. The first-order valence-electron chi connectivity index (χ1n) is 15.0. The van der Waals surface area contributed by atoms with Gasteiger partial charge in [0.05, 0.1) is 29.5 Å². The van der Waals surface area contributed by atoms with Gasteiger partial charge in [-0.25, -0.2) is 17.2 Å². The van der Waals surface area contributed by atoms with Crippen LogP contribution in [0.4, 0.5) is 16.2 Å². The van der Waals surface area contributed by atoms with Gasteiger partial charge in [0.2, 0.25) is 5.91 Å². The Labute approximate surface area is 269 Å². The van der Waals surface area contributed by atoms with E-state index in [1.807, 2.05) is 0 Å². The summed E-state index contributed by atoms with van der Waals surface area (Å²) >= 11 is 0. The second-order valence-electron chi connectivity index (χ2n) is 11.9. The highest BCUT2D eigenvalue weighted by Crippen LogP contribution is 2.25. The fraction of sp³-hybridized carbons (Fsp3) is 0.257. The number of carbonyl (C=O) groups excluding carboxylic acids is 2. The van der Waals surface area contributed by atoms with Gasteiger partial charge in [0, 0.05) is 38.1 Å². The summed E-state index contributed by atoms with van der Waals surface area (Å²) in [6.45, 7) is 9.53. The average molecular weight is 643 g/mol. The van der Waals surface area contributed by atoms with E-state index in [1.165, 1.54) is 30.1 Å². The minimum atomic E-state index is -3.84. The summed E-state index contributed by atoms with van der Waals surface area (Å²) in [5.74, 6) is -0.459. The zero-order chi connectivity index (χ0) is 32.7. The molecule has 2 heterocycles. The van der Waals surface area contributed by atoms with Gasteiger partial charge in [0.1, 0.15) is 5.60 Å². The van der Waals surface area contributed by atoms with E-state index >= 15 is 0 Å². The van der Waals surface area contributed by atoms with Crippen molar-refractivity contribution in [2.45, 2.75) is 37.8 Å². The van der Waals surface area contributed by atoms with Crippen LogP contribution >= 0.6 is 0 Å². The van der Waals surface area contributed by atoms with Crippen molar-refractivity contribution in [3.8, 4) is 11.1 Å². The summed E-state index contributed by atoms with van der Waals surface area (Å²) < 4.78 is 38.5. The maximum absolute atomic E-state index is 13.3. The molecule has 0 aliphatic carbocycles. The molecule has 46 heavy (non-hydrogen) atoms. The van der Waals surface area contributed by atoms with Gasteiger partial charge in [-0.15, -0.1) is 0 Å². The third kappa shape index (κ3) is 8.72. The lowest BCUT2D eigenvalue weighted by Gasteiger charge is -2.26. The third-order valence-electron chi connectivity index (χ3n) is 7.16. The average Bonchev–Trinajstić information content (AvgIpc) is 3.51. The number of aromatic nitrogens is 1. The van der Waals surface area contributed by atoms with Gasteiger partial charge >= 0.3 is 6.09 Å². The maximum Gasteiger partial charge on any atom is 0.412 e. The van der Waals surface area contributed by atoms with Crippen LogP contribution in [0, 0.1) is 0 Å². The molecular formula is C35H38N4O6S. The fourth-order valence-electron chi connectivity index (χ4n) is 4.86. The van der Waals surface area contributed by atoms with Gasteiger partial charge in [-0.3, -0.25) is 15.0 Å². The van der Waals surface area contributed by atoms with E-state index in [0.29, 0.717) is 16.9 Å². The standard InChI is InChI=1S/C35H38N4O6S/c1-35(2,3)45-34(41)37-32-7-5-4-6-31(32)36-33(40)17-10-27-18-19-39(25-27)46(42,43)30-15-13-29(14-16-30)28-11-8-26(9-12-28)24-38-20-22-44-23-21-38/h4-19,25H,20-24H2,1-3H3,(H,36,40)(H,37,41)/b17-10+. The van der Waals surface area contributed by atoms with Crippen molar-refractivity contribution in [1.29, 1.82) is 0 Å². The molecule has 3 aromatic carbocycles. The molecule has 0 atom stereocenters. The van der Waals surface area contributed by atoms with Crippen molar-refractivity contribution in [3.05, 3.63) is 108 Å². The maximum atomic E-state index is 13.3. The molecule has 1 aromatic heterocycles. The van der Waals surface area contributed by atoms with Gasteiger partial charge in [0.25, 0.3) is 10.0 Å². The Hall–Kier alpha value is -4.71. The molecule has 0 unspecified atom stereocenters. The molecule has 1 saturated heterocycles. The molecule has 0 spiro atoms. The van der Waals surface area contributed by atoms with Crippen LogP contribution in [0.2, 0.25) is 0 Å². The second kappa shape index (κ2) is 14.2. The Kier molecular flexibility index (Phi) is 10.1. The third-order valence-corrected chi connectivity index (χ3v) is 8.81. The van der Waals surface area contributed by atoms with Crippen molar-refractivity contribution in [3.63, 3.8) is 0 Å². The molecule has 2 N–H and O–H groups in total. The number of ether oxygens (including phenoxy) is 2. The number of nitrogens with zero attached hydrogens (tertiary/aromatic N) is 2. The Morgan fingerprint density at radius 3 is 2.11 bits per heavy atom. The SMILES string of the molecule is CC(C)(C)OC(=O)Nc1ccccc1NC(=O)/C=C/c1ccn(S(=O)(=O)c2ccc(-c3ccc(CN4CCOCC4)cc3)cc2)c1. The Bertz CT molecular complexity index is 1800. The number of rotatable bonds is 9. The largest absolute Gasteiger partial charge is 0.444 e. The van der Waals surface area contributed by atoms with Crippen LogP contribution in [0.25, 0.3) is 17.2 Å². The molecule has 2 amide bonds. The number of nitrogens with one attached hydrogen (secondary N) is 2. The molecule has 0 saturated carbocycles. The highest BCUT2D eigenvalue weighted by atomic mass is 32.2. The molecular weight excluding hydrogens is 604 g/mol. The molecule has 5 rings (SSSR count). The molecule has 10 nitrogen and oxygen atoms in total. The number of anilines is 2. The minimum absolute atomic E-state index is 0.151. The van der Waals surface area contributed by atoms with Crippen molar-refractivity contribution >= 4 is 39.5 Å². The second-order valence-corrected chi connectivity index (χ2v) is 13.7. The van der Waals surface area contributed by atoms with E-state index in [-0.39, 0.29) is 4.90 Å². The molecule has 0 bridgehead atoms. The molecule has 0 radical (unpaired) electrons. The van der Waals surface area contributed by atoms with Crippen LogP contribution in [0.5, 0.6) is 0 Å². The fourth-order valence-corrected chi connectivity index (χ4v) is 6.07. The number of benzene rings is 3. The number of hydrogen-bond donors (Lipinski definition) is 2. The Balaban J connectivity index is 1.20. The first-order chi connectivity index (χ1) is 22.0. The minimum Gasteiger partial charge on any atom is -0.444 e. The predicted molar refractivity (Wildman–Crippen MR) is 179 cm³/mol. The van der Waals surface area contributed by atoms with E-state index in [1.54, 1.807) is 75.4 Å². The lowest BCUT2D eigenvalue weighted by atomic mass is 10.0. The van der Waals surface area contributed by atoms with Crippen molar-refractivity contribution in [2.75, 3.05) is 36.9 Å². The van der Waals surface area contributed by atoms with E-state index in [4.69, 9.17) is 9.47 Å². The first-order valence-corrected chi connectivity index (χ1v) is 16.4. The highest BCUT2D eigenvalue weighted by Gasteiger charge is 2.19. The molecule has 240 valence electrons. The summed E-state index contributed by atoms with van der Waals surface area (Å²) in [6.07, 6.45) is 5.04. The van der Waals surface area contributed by atoms with E-state index in [9.17, 15) is 18.0 Å². The van der Waals surface area contributed by atoms with Crippen molar-refractivity contribution in [2.24, 2.45) is 0 Å². The summed E-state index contributed by atoms with van der Waals surface area (Å²) in [6, 6.07) is 23.4. The van der Waals surface area contributed by atoms with Gasteiger partial charge in [-0.2, -0.15) is 0 Å². The van der Waals surface area contributed by atoms with Gasteiger partial charge < -0.3 is 14.8 Å². The number of amides is 2. The quantitative estimate of drug-likeness (QED) is 0.208. The number of morpholine rings is 1. The summed E-state index contributed by atoms with van der Waals surface area (Å²) in [5.41, 5.74) is 3.76. The van der Waals surface area contributed by atoms with Crippen LogP contribution < -0.4 is 10.6 Å².